The molecule has 128 valence electrons. The number of carbonyl (C=O) groups excluding carboxylic acids is 1. The number of hydrogen-bond donors (Lipinski definition) is 0. The molecule has 0 bridgehead atoms. The van der Waals surface area contributed by atoms with Crippen LogP contribution in [0.2, 0.25) is 5.02 Å². The number of ether oxygens (including phenoxy) is 1. The molecule has 0 amide bonds. The molecule has 0 saturated carbocycles. The van der Waals surface area contributed by atoms with Crippen LogP contribution in [0.3, 0.4) is 0 Å². The van der Waals surface area contributed by atoms with Crippen molar-refractivity contribution in [3.8, 4) is 0 Å². The second-order valence-corrected chi connectivity index (χ2v) is 7.69. The molecule has 1 saturated heterocycles. The zero-order valence-corrected chi connectivity index (χ0v) is 15.0. The largest absolute Gasteiger partial charge is 0.460 e. The molecule has 0 aromatic heterocycles. The summed E-state index contributed by atoms with van der Waals surface area (Å²) in [7, 11) is 0. The third kappa shape index (κ3) is 4.92. The summed E-state index contributed by atoms with van der Waals surface area (Å²) in [5, 5.41) is 0.152. The van der Waals surface area contributed by atoms with E-state index in [4.69, 9.17) is 16.3 Å². The maximum Gasteiger partial charge on any atom is 0.309 e. The molecule has 2 atom stereocenters. The number of likely N-dealkylation sites (tertiary alicyclic amines) is 1. The summed E-state index contributed by atoms with van der Waals surface area (Å²) in [6.07, 6.45) is 1.47. The molecule has 2 unspecified atom stereocenters. The Balaban J connectivity index is 1.96. The quantitative estimate of drug-likeness (QED) is 0.762. The van der Waals surface area contributed by atoms with Gasteiger partial charge in [0.1, 0.15) is 11.4 Å². The summed E-state index contributed by atoms with van der Waals surface area (Å²) in [6, 6.07) is 5.27. The second-order valence-electron chi connectivity index (χ2n) is 7.29. The third-order valence-electron chi connectivity index (χ3n) is 4.16. The average Bonchev–Trinajstić information content (AvgIpc) is 2.44. The lowest BCUT2D eigenvalue weighted by atomic mass is 9.91. The van der Waals surface area contributed by atoms with Gasteiger partial charge in [-0.1, -0.05) is 23.7 Å². The van der Waals surface area contributed by atoms with Gasteiger partial charge in [0.2, 0.25) is 0 Å². The van der Waals surface area contributed by atoms with Gasteiger partial charge >= 0.3 is 5.97 Å². The molecule has 1 fully saturated rings. The molecule has 0 spiro atoms. The van der Waals surface area contributed by atoms with Crippen molar-refractivity contribution in [2.45, 2.75) is 58.7 Å². The first kappa shape index (κ1) is 18.2. The van der Waals surface area contributed by atoms with Crippen LogP contribution in [0.4, 0.5) is 4.39 Å². The highest BCUT2D eigenvalue weighted by Gasteiger charge is 2.32. The molecular weight excluding hydrogens is 317 g/mol. The summed E-state index contributed by atoms with van der Waals surface area (Å²) in [4.78, 5) is 14.4. The minimum absolute atomic E-state index is 0.0790. The topological polar surface area (TPSA) is 29.5 Å². The van der Waals surface area contributed by atoms with Crippen molar-refractivity contribution in [3.05, 3.63) is 34.6 Å². The normalized spacial score (nSPS) is 22.9. The van der Waals surface area contributed by atoms with Crippen LogP contribution >= 0.6 is 11.6 Å². The number of hydrogen-bond acceptors (Lipinski definition) is 3. The minimum Gasteiger partial charge on any atom is -0.460 e. The number of nitrogens with zero attached hydrogens (tertiary/aromatic N) is 1. The van der Waals surface area contributed by atoms with Crippen molar-refractivity contribution in [1.29, 1.82) is 0 Å². The fourth-order valence-electron chi connectivity index (χ4n) is 2.94. The van der Waals surface area contributed by atoms with Gasteiger partial charge in [-0.3, -0.25) is 9.69 Å². The molecule has 1 aliphatic heterocycles. The van der Waals surface area contributed by atoms with E-state index < -0.39 is 5.60 Å². The molecule has 0 aliphatic carbocycles. The number of piperidine rings is 1. The first-order valence-electron chi connectivity index (χ1n) is 8.07. The molecule has 3 nitrogen and oxygen atoms in total. The highest BCUT2D eigenvalue weighted by atomic mass is 35.5. The molecular formula is C18H25ClFNO2. The van der Waals surface area contributed by atoms with Crippen molar-refractivity contribution in [1.82, 2.24) is 4.90 Å². The number of halogens is 2. The lowest BCUT2D eigenvalue weighted by molar-refractivity contribution is -0.162. The number of benzene rings is 1. The Kier molecular flexibility index (Phi) is 5.69. The predicted octanol–water partition coefficient (Wildman–Crippen LogP) is 4.42. The first-order chi connectivity index (χ1) is 10.7. The highest BCUT2D eigenvalue weighted by molar-refractivity contribution is 6.30. The van der Waals surface area contributed by atoms with Crippen LogP contribution in [-0.4, -0.2) is 29.1 Å². The van der Waals surface area contributed by atoms with E-state index in [0.717, 1.165) is 19.4 Å². The fraction of sp³-hybridized carbons (Fsp3) is 0.611. The molecule has 0 radical (unpaired) electrons. The van der Waals surface area contributed by atoms with E-state index in [-0.39, 0.29) is 28.8 Å². The Labute approximate surface area is 142 Å². The van der Waals surface area contributed by atoms with Crippen LogP contribution < -0.4 is 0 Å². The van der Waals surface area contributed by atoms with Crippen molar-refractivity contribution in [2.24, 2.45) is 5.92 Å². The Morgan fingerprint density at radius 2 is 2.13 bits per heavy atom. The third-order valence-corrected chi connectivity index (χ3v) is 4.45. The Hall–Kier alpha value is -1.13. The minimum atomic E-state index is -0.457. The second kappa shape index (κ2) is 7.18. The van der Waals surface area contributed by atoms with Gasteiger partial charge in [-0.15, -0.1) is 0 Å². The molecule has 0 N–H and O–H groups in total. The van der Waals surface area contributed by atoms with Crippen LogP contribution in [0.15, 0.2) is 18.2 Å². The Bertz CT molecular complexity index is 571. The van der Waals surface area contributed by atoms with E-state index in [1.807, 2.05) is 20.8 Å². The van der Waals surface area contributed by atoms with Crippen molar-refractivity contribution in [3.63, 3.8) is 0 Å². The molecule has 5 heteroatoms. The number of esters is 1. The van der Waals surface area contributed by atoms with Crippen LogP contribution in [0.25, 0.3) is 0 Å². The first-order valence-corrected chi connectivity index (χ1v) is 8.45. The van der Waals surface area contributed by atoms with Crippen molar-refractivity contribution < 1.29 is 13.9 Å². The van der Waals surface area contributed by atoms with Gasteiger partial charge in [-0.2, -0.15) is 0 Å². The monoisotopic (exact) mass is 341 g/mol. The van der Waals surface area contributed by atoms with E-state index in [9.17, 15) is 9.18 Å². The maximum atomic E-state index is 14.0. The average molecular weight is 342 g/mol. The van der Waals surface area contributed by atoms with Gasteiger partial charge in [0.25, 0.3) is 0 Å². The SMILES string of the molecule is CC1CC(C(=O)OC(C)(C)C)CCN1Cc1cccc(Cl)c1F. The Morgan fingerprint density at radius 1 is 1.43 bits per heavy atom. The number of carbonyl (C=O) groups is 1. The Morgan fingerprint density at radius 3 is 2.74 bits per heavy atom. The van der Waals surface area contributed by atoms with E-state index in [2.05, 4.69) is 11.8 Å². The smallest absolute Gasteiger partial charge is 0.309 e. The summed E-state index contributed by atoms with van der Waals surface area (Å²) in [5.74, 6) is -0.557. The van der Waals surface area contributed by atoms with Gasteiger partial charge < -0.3 is 4.74 Å². The van der Waals surface area contributed by atoms with Crippen LogP contribution in [0, 0.1) is 11.7 Å². The molecule has 1 aromatic carbocycles. The van der Waals surface area contributed by atoms with E-state index >= 15 is 0 Å². The lowest BCUT2D eigenvalue weighted by Crippen LogP contribution is -2.43. The summed E-state index contributed by atoms with van der Waals surface area (Å²) in [6.45, 7) is 8.97. The molecule has 2 rings (SSSR count). The fourth-order valence-corrected chi connectivity index (χ4v) is 3.14. The number of rotatable bonds is 3. The highest BCUT2D eigenvalue weighted by Crippen LogP contribution is 2.28. The van der Waals surface area contributed by atoms with Gasteiger partial charge in [0, 0.05) is 18.2 Å². The lowest BCUT2D eigenvalue weighted by Gasteiger charge is -2.37. The van der Waals surface area contributed by atoms with Crippen molar-refractivity contribution in [2.75, 3.05) is 6.54 Å². The van der Waals surface area contributed by atoms with Gasteiger partial charge in [0.05, 0.1) is 10.9 Å². The maximum absolute atomic E-state index is 14.0. The standard InChI is InChI=1S/C18H25ClFNO2/c1-12-10-13(17(22)23-18(2,3)4)8-9-21(12)11-14-6-5-7-15(19)16(14)20/h5-7,12-13H,8-11H2,1-4H3. The van der Waals surface area contributed by atoms with Crippen LogP contribution in [-0.2, 0) is 16.1 Å². The van der Waals surface area contributed by atoms with Crippen LogP contribution in [0.1, 0.15) is 46.1 Å². The summed E-state index contributed by atoms with van der Waals surface area (Å²) >= 11 is 5.84. The van der Waals surface area contributed by atoms with E-state index in [0.29, 0.717) is 12.1 Å². The van der Waals surface area contributed by atoms with Gasteiger partial charge in [0.15, 0.2) is 0 Å². The van der Waals surface area contributed by atoms with E-state index in [1.54, 1.807) is 18.2 Å². The van der Waals surface area contributed by atoms with Crippen LogP contribution in [0.5, 0.6) is 0 Å². The predicted molar refractivity (Wildman–Crippen MR) is 89.9 cm³/mol. The summed E-state index contributed by atoms with van der Waals surface area (Å²) < 4.78 is 19.5. The zero-order valence-electron chi connectivity index (χ0n) is 14.2. The van der Waals surface area contributed by atoms with Gasteiger partial charge in [-0.25, -0.2) is 4.39 Å². The van der Waals surface area contributed by atoms with E-state index in [1.165, 1.54) is 0 Å². The molecule has 1 aromatic rings. The van der Waals surface area contributed by atoms with Gasteiger partial charge in [-0.05, 0) is 53.1 Å². The summed E-state index contributed by atoms with van der Waals surface area (Å²) in [5.41, 5.74) is 0.140. The molecule has 1 heterocycles. The molecule has 1 aliphatic rings. The zero-order chi connectivity index (χ0) is 17.2. The molecule has 23 heavy (non-hydrogen) atoms. The van der Waals surface area contributed by atoms with Crippen molar-refractivity contribution >= 4 is 17.6 Å².